The van der Waals surface area contributed by atoms with Gasteiger partial charge in [0.25, 0.3) is 5.91 Å². The predicted molar refractivity (Wildman–Crippen MR) is 65.8 cm³/mol. The second-order valence-electron chi connectivity index (χ2n) is 3.03. The number of aromatic amines is 1. The molecule has 17 heavy (non-hydrogen) atoms. The smallest absolute Gasteiger partial charge is 0.273 e. The Balaban J connectivity index is 2.18. The first-order valence-electron chi connectivity index (χ1n) is 4.40. The number of anilines is 1. The minimum absolute atomic E-state index is 0.0441. The van der Waals surface area contributed by atoms with E-state index in [1.807, 2.05) is 0 Å². The Labute approximate surface area is 111 Å². The molecule has 0 saturated carbocycles. The molecule has 0 fully saturated rings. The number of aromatic nitrogens is 3. The molecule has 0 aromatic carbocycles. The van der Waals surface area contributed by atoms with Crippen LogP contribution < -0.4 is 5.32 Å². The van der Waals surface area contributed by atoms with Gasteiger partial charge in [0.1, 0.15) is 16.7 Å². The third-order valence-corrected chi connectivity index (χ3v) is 2.38. The third-order valence-electron chi connectivity index (χ3n) is 1.80. The third kappa shape index (κ3) is 3.09. The van der Waals surface area contributed by atoms with E-state index in [0.717, 1.165) is 0 Å². The lowest BCUT2D eigenvalue weighted by Gasteiger charge is -2.03. The van der Waals surface area contributed by atoms with Crippen molar-refractivity contribution in [2.24, 2.45) is 0 Å². The van der Waals surface area contributed by atoms with Crippen molar-refractivity contribution in [3.8, 4) is 0 Å². The Bertz CT molecular complexity index is 549. The fourth-order valence-electron chi connectivity index (χ4n) is 1.14. The zero-order valence-electron chi connectivity index (χ0n) is 8.17. The minimum atomic E-state index is -0.400. The van der Waals surface area contributed by atoms with Gasteiger partial charge in [0.2, 0.25) is 5.28 Å². The highest BCUT2D eigenvalue weighted by Gasteiger charge is 2.10. The van der Waals surface area contributed by atoms with Gasteiger partial charge in [-0.25, -0.2) is 9.97 Å². The van der Waals surface area contributed by atoms with Crippen molar-refractivity contribution in [1.29, 1.82) is 0 Å². The van der Waals surface area contributed by atoms with Gasteiger partial charge in [0, 0.05) is 12.3 Å². The maximum atomic E-state index is 11.7. The molecule has 8 heteroatoms. The van der Waals surface area contributed by atoms with Crippen molar-refractivity contribution in [2.45, 2.75) is 0 Å². The number of hydrogen-bond donors (Lipinski definition) is 2. The van der Waals surface area contributed by atoms with Gasteiger partial charge >= 0.3 is 0 Å². The van der Waals surface area contributed by atoms with E-state index in [4.69, 9.17) is 34.8 Å². The average Bonchev–Trinajstić information content (AvgIpc) is 2.63. The summed E-state index contributed by atoms with van der Waals surface area (Å²) in [6.45, 7) is 0. The topological polar surface area (TPSA) is 70.7 Å². The van der Waals surface area contributed by atoms with E-state index in [9.17, 15) is 4.79 Å². The van der Waals surface area contributed by atoms with E-state index in [1.54, 1.807) is 0 Å². The number of carbonyl (C=O) groups is 1. The molecule has 5 nitrogen and oxygen atoms in total. The molecule has 1 amide bonds. The first-order chi connectivity index (χ1) is 8.04. The highest BCUT2D eigenvalue weighted by molar-refractivity contribution is 6.32. The quantitative estimate of drug-likeness (QED) is 0.660. The fourth-order valence-corrected chi connectivity index (χ4v) is 1.71. The maximum absolute atomic E-state index is 11.7. The van der Waals surface area contributed by atoms with Gasteiger partial charge in [0.15, 0.2) is 0 Å². The summed E-state index contributed by atoms with van der Waals surface area (Å²) in [6.07, 6.45) is 1.50. The van der Waals surface area contributed by atoms with Crippen molar-refractivity contribution in [3.63, 3.8) is 0 Å². The number of rotatable bonds is 2. The molecule has 0 unspecified atom stereocenters. The number of hydrogen-bond acceptors (Lipinski definition) is 3. The first-order valence-corrected chi connectivity index (χ1v) is 5.53. The van der Waals surface area contributed by atoms with Gasteiger partial charge in [-0.2, -0.15) is 0 Å². The van der Waals surface area contributed by atoms with E-state index in [-0.39, 0.29) is 16.3 Å². The standard InChI is InChI=1S/C9H5Cl3N4O/c10-4-1-5(13-3-4)8(17)15-7-2-6(11)14-9(12)16-7/h1-3,13H,(H,14,15,16,17). The molecular formula is C9H5Cl3N4O. The van der Waals surface area contributed by atoms with Crippen LogP contribution in [0.5, 0.6) is 0 Å². The normalized spacial score (nSPS) is 10.3. The van der Waals surface area contributed by atoms with Crippen LogP contribution in [0.3, 0.4) is 0 Å². The summed E-state index contributed by atoms with van der Waals surface area (Å²) in [4.78, 5) is 21.9. The van der Waals surface area contributed by atoms with E-state index in [1.165, 1.54) is 18.3 Å². The Kier molecular flexibility index (Phi) is 3.51. The van der Waals surface area contributed by atoms with E-state index < -0.39 is 5.91 Å². The van der Waals surface area contributed by atoms with Crippen LogP contribution in [0.4, 0.5) is 5.82 Å². The Hall–Kier alpha value is -1.30. The van der Waals surface area contributed by atoms with Crippen LogP contribution in [0, 0.1) is 0 Å². The van der Waals surface area contributed by atoms with Crippen molar-refractivity contribution in [1.82, 2.24) is 15.0 Å². The summed E-state index contributed by atoms with van der Waals surface area (Å²) in [5.74, 6) is -0.187. The van der Waals surface area contributed by atoms with Crippen molar-refractivity contribution < 1.29 is 4.79 Å². The largest absolute Gasteiger partial charge is 0.356 e. The van der Waals surface area contributed by atoms with Crippen LogP contribution in [-0.2, 0) is 0 Å². The Morgan fingerprint density at radius 2 is 2.00 bits per heavy atom. The number of amides is 1. The molecule has 0 saturated heterocycles. The molecule has 88 valence electrons. The van der Waals surface area contributed by atoms with Crippen LogP contribution in [0.15, 0.2) is 18.3 Å². The van der Waals surface area contributed by atoms with Crippen molar-refractivity contribution in [2.75, 3.05) is 5.32 Å². The predicted octanol–water partition coefficient (Wildman–Crippen LogP) is 3.02. The van der Waals surface area contributed by atoms with Crippen molar-refractivity contribution >= 4 is 46.5 Å². The van der Waals surface area contributed by atoms with Gasteiger partial charge < -0.3 is 10.3 Å². The van der Waals surface area contributed by atoms with Crippen LogP contribution in [-0.4, -0.2) is 20.9 Å². The number of H-pyrrole nitrogens is 1. The second-order valence-corrected chi connectivity index (χ2v) is 4.19. The molecule has 2 rings (SSSR count). The molecule has 2 N–H and O–H groups in total. The van der Waals surface area contributed by atoms with E-state index >= 15 is 0 Å². The number of carbonyl (C=O) groups excluding carboxylic acids is 1. The van der Waals surface area contributed by atoms with Gasteiger partial charge in [-0.05, 0) is 17.7 Å². The van der Waals surface area contributed by atoms with E-state index in [0.29, 0.717) is 10.7 Å². The summed E-state index contributed by atoms with van der Waals surface area (Å²) < 4.78 is 0. The lowest BCUT2D eigenvalue weighted by Crippen LogP contribution is -2.13. The van der Waals surface area contributed by atoms with Crippen LogP contribution in [0.25, 0.3) is 0 Å². The maximum Gasteiger partial charge on any atom is 0.273 e. The van der Waals surface area contributed by atoms with Gasteiger partial charge in [-0.3, -0.25) is 4.79 Å². The van der Waals surface area contributed by atoms with Crippen LogP contribution in [0.2, 0.25) is 15.5 Å². The monoisotopic (exact) mass is 290 g/mol. The summed E-state index contributed by atoms with van der Waals surface area (Å²) >= 11 is 16.9. The lowest BCUT2D eigenvalue weighted by atomic mass is 10.4. The number of nitrogens with zero attached hydrogens (tertiary/aromatic N) is 2. The molecule has 0 aliphatic rings. The number of halogens is 3. The molecule has 0 bridgehead atoms. The van der Waals surface area contributed by atoms with Gasteiger partial charge in [-0.15, -0.1) is 0 Å². The zero-order valence-corrected chi connectivity index (χ0v) is 10.4. The molecule has 2 heterocycles. The van der Waals surface area contributed by atoms with Gasteiger partial charge in [0.05, 0.1) is 5.02 Å². The highest BCUT2D eigenvalue weighted by atomic mass is 35.5. The van der Waals surface area contributed by atoms with Crippen LogP contribution >= 0.6 is 34.8 Å². The summed E-state index contributed by atoms with van der Waals surface area (Å²) in [7, 11) is 0. The number of nitrogens with one attached hydrogen (secondary N) is 2. The summed E-state index contributed by atoms with van der Waals surface area (Å²) in [5.41, 5.74) is 0.306. The Morgan fingerprint density at radius 3 is 2.59 bits per heavy atom. The molecule has 2 aromatic heterocycles. The molecule has 0 aliphatic carbocycles. The Morgan fingerprint density at radius 1 is 1.24 bits per heavy atom. The first kappa shape index (κ1) is 12.2. The molecule has 0 spiro atoms. The highest BCUT2D eigenvalue weighted by Crippen LogP contribution is 2.16. The van der Waals surface area contributed by atoms with Gasteiger partial charge in [-0.1, -0.05) is 23.2 Å². The summed E-state index contributed by atoms with van der Waals surface area (Å²) in [5, 5.41) is 3.04. The average molecular weight is 292 g/mol. The van der Waals surface area contributed by atoms with Crippen LogP contribution in [0.1, 0.15) is 10.5 Å². The molecule has 2 aromatic rings. The SMILES string of the molecule is O=C(Nc1cc(Cl)nc(Cl)n1)c1cc(Cl)c[nH]1. The van der Waals surface area contributed by atoms with E-state index in [2.05, 4.69) is 20.3 Å². The van der Waals surface area contributed by atoms with Crippen molar-refractivity contribution in [3.05, 3.63) is 39.5 Å². The summed E-state index contributed by atoms with van der Waals surface area (Å²) in [6, 6.07) is 2.87. The molecular weight excluding hydrogens is 286 g/mol. The lowest BCUT2D eigenvalue weighted by molar-refractivity contribution is 0.102. The molecule has 0 atom stereocenters. The minimum Gasteiger partial charge on any atom is -0.356 e. The fraction of sp³-hybridized carbons (Fsp3) is 0. The molecule has 0 radical (unpaired) electrons. The molecule has 0 aliphatic heterocycles. The zero-order chi connectivity index (χ0) is 12.4. The second kappa shape index (κ2) is 4.91.